The zero-order chi connectivity index (χ0) is 10.5. The second-order valence-electron chi connectivity index (χ2n) is 2.96. The van der Waals surface area contributed by atoms with Crippen LogP contribution in [0.4, 0.5) is 0 Å². The van der Waals surface area contributed by atoms with Crippen molar-refractivity contribution < 1.29 is 0 Å². The molecule has 0 fully saturated rings. The van der Waals surface area contributed by atoms with Crippen LogP contribution in [-0.2, 0) is 0 Å². The molecule has 1 aromatic carbocycles. The molecule has 1 heterocycles. The first-order chi connectivity index (χ1) is 7.38. The van der Waals surface area contributed by atoms with Crippen molar-refractivity contribution >= 4 is 12.2 Å². The quantitative estimate of drug-likeness (QED) is 0.797. The van der Waals surface area contributed by atoms with Gasteiger partial charge >= 0.3 is 0 Å². The van der Waals surface area contributed by atoms with Gasteiger partial charge in [0.2, 0.25) is 0 Å². The van der Waals surface area contributed by atoms with Gasteiger partial charge in [-0.25, -0.2) is 0 Å². The van der Waals surface area contributed by atoms with E-state index in [1.165, 1.54) is 0 Å². The molecule has 4 heteroatoms. The van der Waals surface area contributed by atoms with Crippen molar-refractivity contribution in [1.29, 1.82) is 5.26 Å². The molecular formula is C11H8N4. The van der Waals surface area contributed by atoms with Crippen molar-refractivity contribution in [2.45, 2.75) is 0 Å². The third-order valence-corrected chi connectivity index (χ3v) is 1.92. The molecule has 72 valence electrons. The number of rotatable bonds is 2. The molecule has 1 aromatic heterocycles. The summed E-state index contributed by atoms with van der Waals surface area (Å²) in [6.45, 7) is 0. The fourth-order valence-electron chi connectivity index (χ4n) is 1.14. The van der Waals surface area contributed by atoms with E-state index >= 15 is 0 Å². The van der Waals surface area contributed by atoms with Crippen molar-refractivity contribution in [3.05, 3.63) is 47.3 Å². The number of benzene rings is 1. The third kappa shape index (κ3) is 2.29. The predicted molar refractivity (Wildman–Crippen MR) is 56.5 cm³/mol. The molecule has 2 rings (SSSR count). The predicted octanol–water partition coefficient (Wildman–Crippen LogP) is 1.85. The van der Waals surface area contributed by atoms with Crippen LogP contribution in [0.5, 0.6) is 0 Å². The summed E-state index contributed by atoms with van der Waals surface area (Å²) in [5.41, 5.74) is 2.46. The summed E-state index contributed by atoms with van der Waals surface area (Å²) in [5.74, 6) is 0. The molecule has 0 aliphatic heterocycles. The average molecular weight is 196 g/mol. The fourth-order valence-corrected chi connectivity index (χ4v) is 1.14. The zero-order valence-corrected chi connectivity index (χ0v) is 7.88. The Morgan fingerprint density at radius 2 is 2.00 bits per heavy atom. The summed E-state index contributed by atoms with van der Waals surface area (Å²) >= 11 is 0. The molecule has 1 N–H and O–H groups in total. The molecule has 0 bridgehead atoms. The van der Waals surface area contributed by atoms with Crippen molar-refractivity contribution in [3.8, 4) is 6.07 Å². The van der Waals surface area contributed by atoms with Gasteiger partial charge in [0.1, 0.15) is 5.69 Å². The van der Waals surface area contributed by atoms with E-state index in [9.17, 15) is 0 Å². The number of H-pyrrole nitrogens is 1. The van der Waals surface area contributed by atoms with E-state index in [-0.39, 0.29) is 0 Å². The van der Waals surface area contributed by atoms with Crippen LogP contribution in [-0.4, -0.2) is 15.4 Å². The van der Waals surface area contributed by atoms with E-state index in [4.69, 9.17) is 5.26 Å². The van der Waals surface area contributed by atoms with Gasteiger partial charge in [-0.05, 0) is 23.8 Å². The number of nitriles is 1. The average Bonchev–Trinajstić information content (AvgIpc) is 2.80. The maximum atomic E-state index is 8.62. The normalized spacial score (nSPS) is 10.3. The van der Waals surface area contributed by atoms with Crippen LogP contribution >= 0.6 is 0 Å². The second-order valence-corrected chi connectivity index (χ2v) is 2.96. The Morgan fingerprint density at radius 3 is 2.60 bits per heavy atom. The Bertz CT molecular complexity index is 488. The molecule has 2 aromatic rings. The van der Waals surface area contributed by atoms with Gasteiger partial charge in [-0.3, -0.25) is 0 Å². The zero-order valence-electron chi connectivity index (χ0n) is 7.88. The van der Waals surface area contributed by atoms with E-state index in [0.29, 0.717) is 5.56 Å². The minimum absolute atomic E-state index is 0.661. The third-order valence-electron chi connectivity index (χ3n) is 1.92. The molecule has 0 radical (unpaired) electrons. The summed E-state index contributed by atoms with van der Waals surface area (Å²) in [6.07, 6.45) is 5.41. The molecule has 0 saturated heterocycles. The molecule has 0 saturated carbocycles. The number of aromatic nitrogens is 3. The number of nitrogens with one attached hydrogen (secondary N) is 1. The van der Waals surface area contributed by atoms with Gasteiger partial charge < -0.3 is 0 Å². The van der Waals surface area contributed by atoms with E-state index < -0.39 is 0 Å². The molecule has 4 nitrogen and oxygen atoms in total. The first-order valence-corrected chi connectivity index (χ1v) is 4.42. The van der Waals surface area contributed by atoms with Crippen molar-refractivity contribution in [3.63, 3.8) is 0 Å². The molecule has 0 unspecified atom stereocenters. The van der Waals surface area contributed by atoms with Gasteiger partial charge in [0.15, 0.2) is 0 Å². The van der Waals surface area contributed by atoms with Crippen LogP contribution in [0.25, 0.3) is 12.2 Å². The van der Waals surface area contributed by atoms with Crippen LogP contribution < -0.4 is 0 Å². The Morgan fingerprint density at radius 1 is 1.20 bits per heavy atom. The summed E-state index contributed by atoms with van der Waals surface area (Å²) in [6, 6.07) is 9.40. The lowest BCUT2D eigenvalue weighted by atomic mass is 10.1. The summed E-state index contributed by atoms with van der Waals surface area (Å²) < 4.78 is 0. The van der Waals surface area contributed by atoms with Crippen molar-refractivity contribution in [2.24, 2.45) is 0 Å². The number of aromatic amines is 1. The number of hydrogen-bond acceptors (Lipinski definition) is 3. The minimum atomic E-state index is 0.661. The Labute approximate surface area is 86.9 Å². The summed E-state index contributed by atoms with van der Waals surface area (Å²) in [7, 11) is 0. The van der Waals surface area contributed by atoms with Crippen LogP contribution in [0.1, 0.15) is 16.8 Å². The second kappa shape index (κ2) is 4.20. The van der Waals surface area contributed by atoms with E-state index in [1.54, 1.807) is 18.3 Å². The smallest absolute Gasteiger partial charge is 0.105 e. The molecule has 0 atom stereocenters. The lowest BCUT2D eigenvalue weighted by molar-refractivity contribution is 0.937. The summed E-state index contributed by atoms with van der Waals surface area (Å²) in [4.78, 5) is 0. The van der Waals surface area contributed by atoms with Crippen LogP contribution in [0.15, 0.2) is 30.5 Å². The Balaban J connectivity index is 2.15. The largest absolute Gasteiger partial charge is 0.197 e. The SMILES string of the molecule is N#Cc1ccc(/C=C/c2cn[nH]n2)cc1. The van der Waals surface area contributed by atoms with Gasteiger partial charge in [-0.2, -0.15) is 20.7 Å². The maximum absolute atomic E-state index is 8.62. The van der Waals surface area contributed by atoms with Crippen LogP contribution in [0.3, 0.4) is 0 Å². The van der Waals surface area contributed by atoms with Gasteiger partial charge in [-0.15, -0.1) is 0 Å². The number of hydrogen-bond donors (Lipinski definition) is 1. The molecule has 0 aliphatic carbocycles. The highest BCUT2D eigenvalue weighted by molar-refractivity contribution is 5.67. The topological polar surface area (TPSA) is 65.4 Å². The summed E-state index contributed by atoms with van der Waals surface area (Å²) in [5, 5.41) is 18.7. The van der Waals surface area contributed by atoms with E-state index in [1.807, 2.05) is 24.3 Å². The fraction of sp³-hybridized carbons (Fsp3) is 0. The minimum Gasteiger partial charge on any atom is -0.197 e. The van der Waals surface area contributed by atoms with Gasteiger partial charge in [0.25, 0.3) is 0 Å². The lowest BCUT2D eigenvalue weighted by Gasteiger charge is -1.91. The highest BCUT2D eigenvalue weighted by Crippen LogP contribution is 2.07. The first kappa shape index (κ1) is 9.16. The van der Waals surface area contributed by atoms with E-state index in [0.717, 1.165) is 11.3 Å². The molecule has 15 heavy (non-hydrogen) atoms. The van der Waals surface area contributed by atoms with Crippen molar-refractivity contribution in [2.75, 3.05) is 0 Å². The highest BCUT2D eigenvalue weighted by Gasteiger charge is 1.91. The molecular weight excluding hydrogens is 188 g/mol. The Hall–Kier alpha value is -2.41. The van der Waals surface area contributed by atoms with Gasteiger partial charge in [0.05, 0.1) is 17.8 Å². The van der Waals surface area contributed by atoms with Crippen LogP contribution in [0.2, 0.25) is 0 Å². The molecule has 0 amide bonds. The van der Waals surface area contributed by atoms with Gasteiger partial charge in [0, 0.05) is 0 Å². The van der Waals surface area contributed by atoms with Crippen molar-refractivity contribution in [1.82, 2.24) is 15.4 Å². The maximum Gasteiger partial charge on any atom is 0.105 e. The van der Waals surface area contributed by atoms with Crippen LogP contribution in [0, 0.1) is 11.3 Å². The van der Waals surface area contributed by atoms with Gasteiger partial charge in [-0.1, -0.05) is 18.2 Å². The standard InChI is InChI=1S/C11H8N4/c12-7-10-3-1-9(2-4-10)5-6-11-8-13-15-14-11/h1-6,8H,(H,13,14,15)/b6-5+. The lowest BCUT2D eigenvalue weighted by Crippen LogP contribution is -1.75. The number of nitrogens with zero attached hydrogens (tertiary/aromatic N) is 3. The monoisotopic (exact) mass is 196 g/mol. The highest BCUT2D eigenvalue weighted by atomic mass is 15.3. The molecule has 0 aliphatic rings. The first-order valence-electron chi connectivity index (χ1n) is 4.42. The Kier molecular flexibility index (Phi) is 2.56. The van der Waals surface area contributed by atoms with E-state index in [2.05, 4.69) is 21.5 Å². The molecule has 0 spiro atoms.